The van der Waals surface area contributed by atoms with Crippen molar-refractivity contribution in [2.45, 2.75) is 52.0 Å². The fraction of sp³-hybridized carbons (Fsp3) is 0.917. The van der Waals surface area contributed by atoms with Crippen LogP contribution in [-0.2, 0) is 4.79 Å². The van der Waals surface area contributed by atoms with Crippen LogP contribution in [0.4, 0.5) is 0 Å². The van der Waals surface area contributed by atoms with Crippen molar-refractivity contribution in [1.82, 2.24) is 4.90 Å². The first-order chi connectivity index (χ1) is 7.19. The largest absolute Gasteiger partial charge is 0.395 e. The predicted molar refractivity (Wildman–Crippen MR) is 60.5 cm³/mol. The first kappa shape index (κ1) is 12.5. The molecule has 0 bridgehead atoms. The minimum Gasteiger partial charge on any atom is -0.395 e. The van der Waals surface area contributed by atoms with Crippen LogP contribution >= 0.6 is 0 Å². The second-order valence-electron chi connectivity index (χ2n) is 4.61. The average Bonchev–Trinajstić information content (AvgIpc) is 2.14. The molecule has 1 fully saturated rings. The van der Waals surface area contributed by atoms with E-state index in [0.29, 0.717) is 24.9 Å². The molecule has 0 aromatic carbocycles. The van der Waals surface area contributed by atoms with Gasteiger partial charge in [0.1, 0.15) is 0 Å². The summed E-state index contributed by atoms with van der Waals surface area (Å²) in [6.07, 6.45) is 5.14. The molecule has 1 amide bonds. The Morgan fingerprint density at radius 2 is 2.20 bits per heavy atom. The van der Waals surface area contributed by atoms with Crippen molar-refractivity contribution >= 4 is 5.91 Å². The summed E-state index contributed by atoms with van der Waals surface area (Å²) in [5, 5.41) is 8.95. The molecule has 0 saturated heterocycles. The monoisotopic (exact) mass is 213 g/mol. The summed E-state index contributed by atoms with van der Waals surface area (Å²) in [5.74, 6) is 0.682. The van der Waals surface area contributed by atoms with Gasteiger partial charge in [0.2, 0.25) is 5.91 Å². The topological polar surface area (TPSA) is 40.5 Å². The zero-order valence-corrected chi connectivity index (χ0v) is 9.91. The Bertz CT molecular complexity index is 202. The molecule has 88 valence electrons. The van der Waals surface area contributed by atoms with E-state index in [2.05, 4.69) is 13.8 Å². The maximum atomic E-state index is 12.0. The van der Waals surface area contributed by atoms with Crippen molar-refractivity contribution in [3.63, 3.8) is 0 Å². The van der Waals surface area contributed by atoms with Gasteiger partial charge >= 0.3 is 0 Å². The zero-order chi connectivity index (χ0) is 11.3. The number of carbonyl (C=O) groups is 1. The number of hydrogen-bond donors (Lipinski definition) is 1. The molecule has 0 aliphatic heterocycles. The molecule has 1 aliphatic carbocycles. The minimum absolute atomic E-state index is 0.0861. The number of hydrogen-bond acceptors (Lipinski definition) is 2. The van der Waals surface area contributed by atoms with Crippen LogP contribution in [0.15, 0.2) is 0 Å². The Kier molecular flexibility index (Phi) is 5.09. The zero-order valence-electron chi connectivity index (χ0n) is 9.91. The van der Waals surface area contributed by atoms with E-state index in [1.807, 2.05) is 4.90 Å². The number of aliphatic hydroxyl groups excluding tert-OH is 1. The molecule has 15 heavy (non-hydrogen) atoms. The Labute approximate surface area is 92.5 Å². The first-order valence-electron chi connectivity index (χ1n) is 6.09. The molecule has 1 unspecified atom stereocenters. The van der Waals surface area contributed by atoms with Gasteiger partial charge in [-0.05, 0) is 25.2 Å². The fourth-order valence-corrected chi connectivity index (χ4v) is 1.88. The Hall–Kier alpha value is -0.570. The van der Waals surface area contributed by atoms with E-state index in [0.717, 1.165) is 19.3 Å². The lowest BCUT2D eigenvalue weighted by Gasteiger charge is -2.37. The number of amides is 1. The van der Waals surface area contributed by atoms with Gasteiger partial charge in [-0.3, -0.25) is 4.79 Å². The van der Waals surface area contributed by atoms with Crippen molar-refractivity contribution in [1.29, 1.82) is 0 Å². The van der Waals surface area contributed by atoms with Crippen LogP contribution < -0.4 is 0 Å². The third-order valence-electron chi connectivity index (χ3n) is 3.40. The lowest BCUT2D eigenvalue weighted by atomic mass is 9.90. The maximum absolute atomic E-state index is 12.0. The second-order valence-corrected chi connectivity index (χ2v) is 4.61. The summed E-state index contributed by atoms with van der Waals surface area (Å²) in [6.45, 7) is 4.82. The standard InChI is InChI=1S/C12H23NO2/c1-3-10(2)9-12(15)13(7-8-14)11-5-4-6-11/h10-11,14H,3-9H2,1-2H3. The number of nitrogens with zero attached hydrogens (tertiary/aromatic N) is 1. The number of rotatable bonds is 6. The normalized spacial score (nSPS) is 18.3. The Balaban J connectivity index is 2.43. The van der Waals surface area contributed by atoms with Crippen molar-refractivity contribution < 1.29 is 9.90 Å². The molecule has 0 aromatic heterocycles. The number of carbonyl (C=O) groups excluding carboxylic acids is 1. The minimum atomic E-state index is 0.0861. The van der Waals surface area contributed by atoms with E-state index in [1.54, 1.807) is 0 Å². The molecule has 3 nitrogen and oxygen atoms in total. The van der Waals surface area contributed by atoms with E-state index in [4.69, 9.17) is 5.11 Å². The highest BCUT2D eigenvalue weighted by Gasteiger charge is 2.28. The van der Waals surface area contributed by atoms with Crippen molar-refractivity contribution in [3.05, 3.63) is 0 Å². The van der Waals surface area contributed by atoms with Gasteiger partial charge < -0.3 is 10.0 Å². The third-order valence-corrected chi connectivity index (χ3v) is 3.40. The molecule has 3 heteroatoms. The molecule has 1 N–H and O–H groups in total. The highest BCUT2D eigenvalue weighted by molar-refractivity contribution is 5.76. The van der Waals surface area contributed by atoms with Gasteiger partial charge in [-0.2, -0.15) is 0 Å². The lowest BCUT2D eigenvalue weighted by molar-refractivity contribution is -0.136. The van der Waals surface area contributed by atoms with Gasteiger partial charge in [0.25, 0.3) is 0 Å². The molecule has 1 aliphatic rings. The summed E-state index contributed by atoms with van der Waals surface area (Å²) >= 11 is 0. The fourth-order valence-electron chi connectivity index (χ4n) is 1.88. The quantitative estimate of drug-likeness (QED) is 0.731. The van der Waals surface area contributed by atoms with Crippen LogP contribution in [0.1, 0.15) is 46.0 Å². The first-order valence-corrected chi connectivity index (χ1v) is 6.09. The van der Waals surface area contributed by atoms with Gasteiger partial charge in [-0.1, -0.05) is 20.3 Å². The molecule has 1 atom stereocenters. The summed E-state index contributed by atoms with van der Waals surface area (Å²) in [4.78, 5) is 13.8. The van der Waals surface area contributed by atoms with Gasteiger partial charge in [0.05, 0.1) is 6.61 Å². The predicted octanol–water partition coefficient (Wildman–Crippen LogP) is 1.80. The van der Waals surface area contributed by atoms with Crippen LogP contribution in [0.2, 0.25) is 0 Å². The van der Waals surface area contributed by atoms with Crippen molar-refractivity contribution in [3.8, 4) is 0 Å². The van der Waals surface area contributed by atoms with E-state index < -0.39 is 0 Å². The van der Waals surface area contributed by atoms with Crippen LogP contribution in [0.3, 0.4) is 0 Å². The molecule has 0 radical (unpaired) electrons. The summed E-state index contributed by atoms with van der Waals surface area (Å²) < 4.78 is 0. The van der Waals surface area contributed by atoms with E-state index in [9.17, 15) is 4.79 Å². The summed E-state index contributed by atoms with van der Waals surface area (Å²) in [7, 11) is 0. The molecule has 0 spiro atoms. The Morgan fingerprint density at radius 3 is 2.60 bits per heavy atom. The van der Waals surface area contributed by atoms with Gasteiger partial charge in [-0.15, -0.1) is 0 Å². The molecule has 1 saturated carbocycles. The van der Waals surface area contributed by atoms with Crippen LogP contribution in [0.25, 0.3) is 0 Å². The van der Waals surface area contributed by atoms with Gasteiger partial charge in [0, 0.05) is 19.0 Å². The molecule has 0 heterocycles. The smallest absolute Gasteiger partial charge is 0.223 e. The lowest BCUT2D eigenvalue weighted by Crippen LogP contribution is -2.46. The molecular weight excluding hydrogens is 190 g/mol. The average molecular weight is 213 g/mol. The molecular formula is C12H23NO2. The van der Waals surface area contributed by atoms with E-state index in [-0.39, 0.29) is 12.5 Å². The summed E-state index contributed by atoms with van der Waals surface area (Å²) in [6, 6.07) is 0.411. The second kappa shape index (κ2) is 6.11. The SMILES string of the molecule is CCC(C)CC(=O)N(CCO)C1CCC1. The van der Waals surface area contributed by atoms with Crippen LogP contribution in [-0.4, -0.2) is 35.1 Å². The van der Waals surface area contributed by atoms with E-state index in [1.165, 1.54) is 6.42 Å². The molecule has 0 aromatic rings. The van der Waals surface area contributed by atoms with Gasteiger partial charge in [0.15, 0.2) is 0 Å². The van der Waals surface area contributed by atoms with Crippen molar-refractivity contribution in [2.24, 2.45) is 5.92 Å². The van der Waals surface area contributed by atoms with Crippen LogP contribution in [0, 0.1) is 5.92 Å². The van der Waals surface area contributed by atoms with Crippen LogP contribution in [0.5, 0.6) is 0 Å². The van der Waals surface area contributed by atoms with Crippen molar-refractivity contribution in [2.75, 3.05) is 13.2 Å². The Morgan fingerprint density at radius 1 is 1.53 bits per heavy atom. The molecule has 1 rings (SSSR count). The summed E-state index contributed by atoms with van der Waals surface area (Å²) in [5.41, 5.74) is 0. The number of aliphatic hydroxyl groups is 1. The van der Waals surface area contributed by atoms with E-state index >= 15 is 0 Å². The van der Waals surface area contributed by atoms with Gasteiger partial charge in [-0.25, -0.2) is 0 Å². The maximum Gasteiger partial charge on any atom is 0.223 e. The third kappa shape index (κ3) is 3.49. The highest BCUT2D eigenvalue weighted by Crippen LogP contribution is 2.25. The highest BCUT2D eigenvalue weighted by atomic mass is 16.3.